The van der Waals surface area contributed by atoms with Crippen LogP contribution in [0.5, 0.6) is 0 Å². The molecule has 1 N–H and O–H groups in total. The van der Waals surface area contributed by atoms with E-state index in [1.165, 1.54) is 41.1 Å². The van der Waals surface area contributed by atoms with Crippen LogP contribution >= 0.6 is 39.7 Å². The molecule has 2 nitrogen and oxygen atoms in total. The van der Waals surface area contributed by atoms with Crippen molar-refractivity contribution >= 4 is 39.7 Å². The summed E-state index contributed by atoms with van der Waals surface area (Å²) in [6.07, 6.45) is 2.70. The first kappa shape index (κ1) is 13.8. The Balaban J connectivity index is 0.00000108. The molecule has 3 heterocycles. The molecule has 2 unspecified atom stereocenters. The second-order valence-electron chi connectivity index (χ2n) is 4.84. The number of rotatable bonds is 2. The molecule has 0 bridgehead atoms. The number of nitrogens with one attached hydrogen (secondary N) is 1. The number of thiophene rings is 1. The Kier molecular flexibility index (Phi) is 4.89. The van der Waals surface area contributed by atoms with E-state index in [-0.39, 0.29) is 12.4 Å². The molecule has 0 saturated carbocycles. The summed E-state index contributed by atoms with van der Waals surface area (Å²) < 4.78 is 1.25. The minimum absolute atomic E-state index is 0. The second-order valence-corrected chi connectivity index (χ2v) is 7.39. The Morgan fingerprint density at radius 3 is 3.06 bits per heavy atom. The van der Waals surface area contributed by atoms with Crippen molar-refractivity contribution in [2.75, 3.05) is 19.6 Å². The van der Waals surface area contributed by atoms with Crippen molar-refractivity contribution in [3.63, 3.8) is 0 Å². The summed E-state index contributed by atoms with van der Waals surface area (Å²) >= 11 is 5.40. The molecule has 2 aliphatic rings. The van der Waals surface area contributed by atoms with E-state index in [0.29, 0.717) is 0 Å². The highest BCUT2D eigenvalue weighted by Crippen LogP contribution is 2.28. The predicted molar refractivity (Wildman–Crippen MR) is 79.1 cm³/mol. The molecule has 0 aliphatic carbocycles. The van der Waals surface area contributed by atoms with E-state index in [1.807, 2.05) is 11.3 Å². The topological polar surface area (TPSA) is 15.3 Å². The van der Waals surface area contributed by atoms with Gasteiger partial charge in [-0.25, -0.2) is 0 Å². The van der Waals surface area contributed by atoms with Gasteiger partial charge < -0.3 is 5.32 Å². The Bertz CT molecular complexity index is 371. The molecular weight excluding hydrogens is 320 g/mol. The minimum atomic E-state index is 0. The summed E-state index contributed by atoms with van der Waals surface area (Å²) in [5, 5.41) is 3.62. The van der Waals surface area contributed by atoms with Gasteiger partial charge in [0.15, 0.2) is 0 Å². The fourth-order valence-corrected chi connectivity index (χ4v) is 4.45. The third-order valence-corrected chi connectivity index (χ3v) is 5.36. The lowest BCUT2D eigenvalue weighted by molar-refractivity contribution is 0.157. The Morgan fingerprint density at radius 1 is 1.41 bits per heavy atom. The van der Waals surface area contributed by atoms with Gasteiger partial charge in [0.25, 0.3) is 0 Å². The normalized spacial score (nSPS) is 28.8. The summed E-state index contributed by atoms with van der Waals surface area (Å²) in [4.78, 5) is 4.10. The maximum atomic E-state index is 3.62. The van der Waals surface area contributed by atoms with Crippen LogP contribution in [0.4, 0.5) is 0 Å². The molecule has 17 heavy (non-hydrogen) atoms. The van der Waals surface area contributed by atoms with Gasteiger partial charge in [0.1, 0.15) is 0 Å². The monoisotopic (exact) mass is 336 g/mol. The van der Waals surface area contributed by atoms with E-state index in [2.05, 4.69) is 38.3 Å². The van der Waals surface area contributed by atoms with Crippen LogP contribution in [0.15, 0.2) is 15.9 Å². The number of piperidine rings is 1. The molecule has 0 radical (unpaired) electrons. The van der Waals surface area contributed by atoms with Crippen molar-refractivity contribution in [3.8, 4) is 0 Å². The maximum absolute atomic E-state index is 3.62. The molecule has 1 aromatic heterocycles. The lowest BCUT2D eigenvalue weighted by Crippen LogP contribution is -2.43. The van der Waals surface area contributed by atoms with Crippen LogP contribution in [-0.4, -0.2) is 30.6 Å². The summed E-state index contributed by atoms with van der Waals surface area (Å²) in [6, 6.07) is 5.21. The van der Waals surface area contributed by atoms with Gasteiger partial charge in [-0.1, -0.05) is 0 Å². The summed E-state index contributed by atoms with van der Waals surface area (Å²) in [5.74, 6) is 0.900. The first-order valence-corrected chi connectivity index (χ1v) is 7.62. The lowest BCUT2D eigenvalue weighted by Gasteiger charge is -2.34. The van der Waals surface area contributed by atoms with Crippen molar-refractivity contribution in [3.05, 3.63) is 20.8 Å². The summed E-state index contributed by atoms with van der Waals surface area (Å²) in [7, 11) is 0. The van der Waals surface area contributed by atoms with Gasteiger partial charge in [0.2, 0.25) is 0 Å². The molecule has 0 aromatic carbocycles. The first-order valence-electron chi connectivity index (χ1n) is 6.01. The Morgan fingerprint density at radius 2 is 2.29 bits per heavy atom. The van der Waals surface area contributed by atoms with Gasteiger partial charge in [-0.15, -0.1) is 23.7 Å². The molecule has 2 saturated heterocycles. The van der Waals surface area contributed by atoms with Gasteiger partial charge in [0, 0.05) is 30.6 Å². The standard InChI is InChI=1S/C12H17BrN2S.ClH/c13-12-2-1-10(16-12)8-15-6-4-11-9(7-15)3-5-14-11;/h1-2,9,11,14H,3-8H2;1H. The van der Waals surface area contributed by atoms with Gasteiger partial charge >= 0.3 is 0 Å². The molecule has 5 heteroatoms. The van der Waals surface area contributed by atoms with E-state index >= 15 is 0 Å². The Hall–Kier alpha value is 0.390. The highest BCUT2D eigenvalue weighted by molar-refractivity contribution is 9.11. The van der Waals surface area contributed by atoms with Crippen molar-refractivity contribution in [1.82, 2.24) is 10.2 Å². The van der Waals surface area contributed by atoms with Gasteiger partial charge in [0.05, 0.1) is 3.79 Å². The fourth-order valence-electron chi connectivity index (χ4n) is 2.92. The molecule has 0 amide bonds. The van der Waals surface area contributed by atoms with Gasteiger partial charge in [-0.2, -0.15) is 0 Å². The number of likely N-dealkylation sites (tertiary alicyclic amines) is 1. The first-order chi connectivity index (χ1) is 7.81. The van der Waals surface area contributed by atoms with E-state index in [9.17, 15) is 0 Å². The number of hydrogen-bond acceptors (Lipinski definition) is 3. The van der Waals surface area contributed by atoms with E-state index in [1.54, 1.807) is 0 Å². The zero-order chi connectivity index (χ0) is 11.0. The Labute approximate surface area is 121 Å². The number of hydrogen-bond donors (Lipinski definition) is 1. The molecule has 96 valence electrons. The molecular formula is C12H18BrClN2S. The third kappa shape index (κ3) is 3.24. The number of nitrogens with zero attached hydrogens (tertiary/aromatic N) is 1. The van der Waals surface area contributed by atoms with Crippen LogP contribution in [0.3, 0.4) is 0 Å². The van der Waals surface area contributed by atoms with Crippen molar-refractivity contribution in [1.29, 1.82) is 0 Å². The molecule has 2 atom stereocenters. The third-order valence-electron chi connectivity index (χ3n) is 3.75. The van der Waals surface area contributed by atoms with Crippen LogP contribution in [0, 0.1) is 5.92 Å². The highest BCUT2D eigenvalue weighted by Gasteiger charge is 2.32. The van der Waals surface area contributed by atoms with Crippen LogP contribution in [0.25, 0.3) is 0 Å². The molecule has 2 aliphatic heterocycles. The van der Waals surface area contributed by atoms with Gasteiger partial charge in [-0.3, -0.25) is 4.90 Å². The predicted octanol–water partition coefficient (Wildman–Crippen LogP) is 3.12. The van der Waals surface area contributed by atoms with Crippen LogP contribution in [0.2, 0.25) is 0 Å². The van der Waals surface area contributed by atoms with Crippen molar-refractivity contribution in [2.45, 2.75) is 25.4 Å². The lowest BCUT2D eigenvalue weighted by atomic mass is 9.93. The summed E-state index contributed by atoms with van der Waals surface area (Å²) in [5.41, 5.74) is 0. The fraction of sp³-hybridized carbons (Fsp3) is 0.667. The largest absolute Gasteiger partial charge is 0.314 e. The SMILES string of the molecule is Brc1ccc(CN2CCC3NCCC3C2)s1.Cl. The zero-order valence-electron chi connectivity index (χ0n) is 9.69. The molecule has 0 spiro atoms. The smallest absolute Gasteiger partial charge is 0.0701 e. The zero-order valence-corrected chi connectivity index (χ0v) is 12.9. The van der Waals surface area contributed by atoms with Crippen LogP contribution in [0.1, 0.15) is 17.7 Å². The van der Waals surface area contributed by atoms with Crippen LogP contribution < -0.4 is 5.32 Å². The van der Waals surface area contributed by atoms with Crippen LogP contribution in [-0.2, 0) is 6.54 Å². The number of halogens is 2. The summed E-state index contributed by atoms with van der Waals surface area (Å²) in [6.45, 7) is 4.91. The number of fused-ring (bicyclic) bond motifs is 1. The van der Waals surface area contributed by atoms with E-state index in [4.69, 9.17) is 0 Å². The second kappa shape index (κ2) is 6.02. The van der Waals surface area contributed by atoms with E-state index in [0.717, 1.165) is 18.5 Å². The molecule has 1 aromatic rings. The quantitative estimate of drug-likeness (QED) is 0.892. The molecule has 3 rings (SSSR count). The highest BCUT2D eigenvalue weighted by atomic mass is 79.9. The average molecular weight is 338 g/mol. The van der Waals surface area contributed by atoms with E-state index < -0.39 is 0 Å². The molecule has 2 fully saturated rings. The average Bonchev–Trinajstić information content (AvgIpc) is 2.87. The minimum Gasteiger partial charge on any atom is -0.314 e. The van der Waals surface area contributed by atoms with Crippen molar-refractivity contribution < 1.29 is 0 Å². The maximum Gasteiger partial charge on any atom is 0.0701 e. The van der Waals surface area contributed by atoms with Gasteiger partial charge in [-0.05, 0) is 53.4 Å². The van der Waals surface area contributed by atoms with Crippen molar-refractivity contribution in [2.24, 2.45) is 5.92 Å².